The molecule has 100 valence electrons. The highest BCUT2D eigenvalue weighted by molar-refractivity contribution is 7.10. The number of carbonyl (C=O) groups is 1. The van der Waals surface area contributed by atoms with Crippen molar-refractivity contribution >= 4 is 17.2 Å². The van der Waals surface area contributed by atoms with E-state index in [0.717, 1.165) is 6.42 Å². The van der Waals surface area contributed by atoms with E-state index in [1.54, 1.807) is 0 Å². The van der Waals surface area contributed by atoms with Crippen molar-refractivity contribution in [2.45, 2.75) is 51.6 Å². The van der Waals surface area contributed by atoms with Gasteiger partial charge in [-0.15, -0.1) is 11.3 Å². The zero-order chi connectivity index (χ0) is 13.2. The van der Waals surface area contributed by atoms with Crippen molar-refractivity contribution in [2.24, 2.45) is 0 Å². The summed E-state index contributed by atoms with van der Waals surface area (Å²) in [7, 11) is 0. The van der Waals surface area contributed by atoms with Crippen LogP contribution in [0.15, 0.2) is 11.4 Å². The Morgan fingerprint density at radius 3 is 3.00 bits per heavy atom. The molecule has 1 aliphatic rings. The number of amides is 1. The summed E-state index contributed by atoms with van der Waals surface area (Å²) in [6.45, 7) is 6.41. The van der Waals surface area contributed by atoms with Crippen LogP contribution in [0.3, 0.4) is 0 Å². The van der Waals surface area contributed by atoms with E-state index in [0.29, 0.717) is 12.6 Å². The molecule has 1 heterocycles. The van der Waals surface area contributed by atoms with Gasteiger partial charge in [-0.05, 0) is 57.0 Å². The van der Waals surface area contributed by atoms with Crippen LogP contribution in [-0.4, -0.2) is 18.0 Å². The lowest BCUT2D eigenvalue weighted by atomic mass is 9.94. The van der Waals surface area contributed by atoms with E-state index in [1.165, 1.54) is 23.3 Å². The minimum Gasteiger partial charge on any atom is -0.350 e. The van der Waals surface area contributed by atoms with Crippen molar-refractivity contribution in [2.75, 3.05) is 6.54 Å². The van der Waals surface area contributed by atoms with E-state index in [1.807, 2.05) is 32.1 Å². The summed E-state index contributed by atoms with van der Waals surface area (Å²) in [5.74, 6) is 0.0739. The molecule has 2 N–H and O–H groups in total. The summed E-state index contributed by atoms with van der Waals surface area (Å²) < 4.78 is 0. The van der Waals surface area contributed by atoms with Crippen molar-refractivity contribution < 1.29 is 4.79 Å². The third-order valence-electron chi connectivity index (χ3n) is 3.08. The lowest BCUT2D eigenvalue weighted by Crippen LogP contribution is -2.45. The summed E-state index contributed by atoms with van der Waals surface area (Å²) in [6.07, 6.45) is 3.54. The highest BCUT2D eigenvalue weighted by Crippen LogP contribution is 2.32. The largest absolute Gasteiger partial charge is 0.350 e. The summed E-state index contributed by atoms with van der Waals surface area (Å²) in [5.41, 5.74) is 1.24. The second kappa shape index (κ2) is 5.41. The molecule has 0 aliphatic heterocycles. The molecule has 1 unspecified atom stereocenters. The van der Waals surface area contributed by atoms with Crippen LogP contribution in [0.1, 0.15) is 50.1 Å². The lowest BCUT2D eigenvalue weighted by Gasteiger charge is -2.25. The fourth-order valence-electron chi connectivity index (χ4n) is 2.38. The van der Waals surface area contributed by atoms with E-state index in [9.17, 15) is 4.79 Å². The molecule has 0 saturated heterocycles. The molecule has 1 atom stereocenters. The molecule has 0 radical (unpaired) electrons. The average molecular weight is 266 g/mol. The first-order valence-corrected chi connectivity index (χ1v) is 7.44. The summed E-state index contributed by atoms with van der Waals surface area (Å²) >= 11 is 1.83. The normalized spacial score (nSPS) is 19.4. The van der Waals surface area contributed by atoms with Gasteiger partial charge in [0, 0.05) is 16.5 Å². The van der Waals surface area contributed by atoms with Gasteiger partial charge in [0.1, 0.15) is 0 Å². The molecular weight excluding hydrogens is 244 g/mol. The Hall–Kier alpha value is -0.870. The molecular formula is C14H22N2OS. The van der Waals surface area contributed by atoms with Gasteiger partial charge in [0.2, 0.25) is 5.91 Å². The van der Waals surface area contributed by atoms with Crippen LogP contribution >= 0.6 is 11.3 Å². The highest BCUT2D eigenvalue weighted by atomic mass is 32.1. The van der Waals surface area contributed by atoms with E-state index in [-0.39, 0.29) is 11.4 Å². The molecule has 1 aromatic heterocycles. The second-order valence-corrected chi connectivity index (χ2v) is 6.92. The highest BCUT2D eigenvalue weighted by Gasteiger charge is 2.22. The number of hydrogen-bond donors (Lipinski definition) is 2. The maximum absolute atomic E-state index is 11.8. The van der Waals surface area contributed by atoms with Crippen LogP contribution in [0, 0.1) is 0 Å². The van der Waals surface area contributed by atoms with Gasteiger partial charge in [0.05, 0.1) is 6.54 Å². The number of fused-ring (bicyclic) bond motifs is 1. The van der Waals surface area contributed by atoms with Crippen molar-refractivity contribution in [1.82, 2.24) is 10.6 Å². The van der Waals surface area contributed by atoms with Crippen LogP contribution in [0.2, 0.25) is 0 Å². The molecule has 0 fully saturated rings. The number of thiophene rings is 1. The minimum atomic E-state index is -0.154. The monoisotopic (exact) mass is 266 g/mol. The molecule has 1 aromatic rings. The van der Waals surface area contributed by atoms with Crippen LogP contribution in [-0.2, 0) is 11.2 Å². The summed E-state index contributed by atoms with van der Waals surface area (Å²) in [6, 6.07) is 2.55. The first kappa shape index (κ1) is 13.6. The van der Waals surface area contributed by atoms with Crippen molar-refractivity contribution in [3.63, 3.8) is 0 Å². The number of rotatable bonds is 3. The Kier molecular flexibility index (Phi) is 4.07. The Bertz CT molecular complexity index is 420. The first-order valence-electron chi connectivity index (χ1n) is 6.56. The smallest absolute Gasteiger partial charge is 0.234 e. The van der Waals surface area contributed by atoms with Crippen molar-refractivity contribution in [1.29, 1.82) is 0 Å². The van der Waals surface area contributed by atoms with Crippen LogP contribution in [0.25, 0.3) is 0 Å². The SMILES string of the molecule is CC(C)(C)NC(=O)CNC1CCCc2sccc21. The molecule has 18 heavy (non-hydrogen) atoms. The van der Waals surface area contributed by atoms with Crippen molar-refractivity contribution in [3.05, 3.63) is 21.9 Å². The van der Waals surface area contributed by atoms with Crippen molar-refractivity contribution in [3.8, 4) is 0 Å². The maximum atomic E-state index is 11.8. The van der Waals surface area contributed by atoms with Crippen LogP contribution < -0.4 is 10.6 Å². The number of nitrogens with one attached hydrogen (secondary N) is 2. The van der Waals surface area contributed by atoms with Crippen LogP contribution in [0.4, 0.5) is 0 Å². The van der Waals surface area contributed by atoms with Gasteiger partial charge in [-0.25, -0.2) is 0 Å². The zero-order valence-electron chi connectivity index (χ0n) is 11.4. The molecule has 0 aromatic carbocycles. The average Bonchev–Trinajstić information content (AvgIpc) is 2.72. The van der Waals surface area contributed by atoms with Gasteiger partial charge in [0.15, 0.2) is 0 Å². The first-order chi connectivity index (χ1) is 8.46. The molecule has 1 aliphatic carbocycles. The van der Waals surface area contributed by atoms with Gasteiger partial charge in [-0.2, -0.15) is 0 Å². The van der Waals surface area contributed by atoms with Gasteiger partial charge in [-0.3, -0.25) is 4.79 Å². The Balaban J connectivity index is 1.87. The fourth-order valence-corrected chi connectivity index (χ4v) is 3.36. The predicted octanol–water partition coefficient (Wildman–Crippen LogP) is 2.63. The second-order valence-electron chi connectivity index (χ2n) is 5.92. The number of hydrogen-bond acceptors (Lipinski definition) is 3. The predicted molar refractivity (Wildman–Crippen MR) is 75.9 cm³/mol. The standard InChI is InChI=1S/C14H22N2OS/c1-14(2,3)16-13(17)9-15-11-5-4-6-12-10(11)7-8-18-12/h7-8,11,15H,4-6,9H2,1-3H3,(H,16,17). The van der Waals surface area contributed by atoms with Gasteiger partial charge < -0.3 is 10.6 Å². The molecule has 0 spiro atoms. The minimum absolute atomic E-state index is 0.0739. The summed E-state index contributed by atoms with van der Waals surface area (Å²) in [4.78, 5) is 13.3. The molecule has 0 saturated carbocycles. The number of carbonyl (C=O) groups excluding carboxylic acids is 1. The fraction of sp³-hybridized carbons (Fsp3) is 0.643. The van der Waals surface area contributed by atoms with E-state index < -0.39 is 0 Å². The molecule has 1 amide bonds. The topological polar surface area (TPSA) is 41.1 Å². The van der Waals surface area contributed by atoms with Gasteiger partial charge in [-0.1, -0.05) is 0 Å². The third-order valence-corrected chi connectivity index (χ3v) is 4.07. The maximum Gasteiger partial charge on any atom is 0.234 e. The van der Waals surface area contributed by atoms with E-state index in [2.05, 4.69) is 22.1 Å². The molecule has 0 bridgehead atoms. The van der Waals surface area contributed by atoms with Crippen LogP contribution in [0.5, 0.6) is 0 Å². The van der Waals surface area contributed by atoms with E-state index >= 15 is 0 Å². The summed E-state index contributed by atoms with van der Waals surface area (Å²) in [5, 5.41) is 8.51. The quantitative estimate of drug-likeness (QED) is 0.883. The molecule has 2 rings (SSSR count). The molecule has 3 nitrogen and oxygen atoms in total. The van der Waals surface area contributed by atoms with Gasteiger partial charge in [0.25, 0.3) is 0 Å². The lowest BCUT2D eigenvalue weighted by molar-refractivity contribution is -0.121. The molecule has 4 heteroatoms. The Morgan fingerprint density at radius 1 is 1.50 bits per heavy atom. The van der Waals surface area contributed by atoms with Gasteiger partial charge >= 0.3 is 0 Å². The zero-order valence-corrected chi connectivity index (χ0v) is 12.2. The van der Waals surface area contributed by atoms with E-state index in [4.69, 9.17) is 0 Å². The Morgan fingerprint density at radius 2 is 2.28 bits per heavy atom. The third kappa shape index (κ3) is 3.56. The number of aryl methyl sites for hydroxylation is 1. The Labute approximate surface area is 113 Å².